The number of phenolic OH excluding ortho intramolecular Hbond substituents is 1. The molecule has 2 aromatic carbocycles. The van der Waals surface area contributed by atoms with E-state index < -0.39 is 5.91 Å². The number of halogens is 2. The highest BCUT2D eigenvalue weighted by molar-refractivity contribution is 9.10. The van der Waals surface area contributed by atoms with Crippen LogP contribution in [0.5, 0.6) is 11.5 Å². The fourth-order valence-electron chi connectivity index (χ4n) is 2.26. The van der Waals surface area contributed by atoms with Crippen molar-refractivity contribution >= 4 is 28.1 Å². The molecule has 0 spiro atoms. The van der Waals surface area contributed by atoms with Gasteiger partial charge in [-0.1, -0.05) is 0 Å². The lowest BCUT2D eigenvalue weighted by Gasteiger charge is -2.06. The van der Waals surface area contributed by atoms with E-state index in [2.05, 4.69) is 36.7 Å². The number of hydrogen-bond donors (Lipinski definition) is 3. The maximum Gasteiger partial charge on any atom is 0.289 e. The van der Waals surface area contributed by atoms with Crippen molar-refractivity contribution in [2.75, 3.05) is 7.11 Å². The highest BCUT2D eigenvalue weighted by Crippen LogP contribution is 2.34. The molecule has 0 saturated carbocycles. The molecule has 3 rings (SSSR count). The Balaban J connectivity index is 1.69. The molecule has 3 aromatic rings. The number of hydrogen-bond acceptors (Lipinski definition) is 5. The van der Waals surface area contributed by atoms with E-state index in [1.165, 1.54) is 31.5 Å². The van der Waals surface area contributed by atoms with Crippen molar-refractivity contribution in [3.8, 4) is 22.8 Å². The summed E-state index contributed by atoms with van der Waals surface area (Å²) in [6.07, 6.45) is 1.40. The molecule has 0 aliphatic carbocycles. The van der Waals surface area contributed by atoms with Crippen LogP contribution in [0.4, 0.5) is 4.39 Å². The summed E-state index contributed by atoms with van der Waals surface area (Å²) in [6, 6.07) is 10.5. The van der Waals surface area contributed by atoms with Gasteiger partial charge in [-0.15, -0.1) is 0 Å². The summed E-state index contributed by atoms with van der Waals surface area (Å²) in [6.45, 7) is 0. The van der Waals surface area contributed by atoms with Crippen LogP contribution in [-0.4, -0.2) is 34.5 Å². The number of phenols is 1. The van der Waals surface area contributed by atoms with Gasteiger partial charge in [0.15, 0.2) is 11.5 Å². The first kappa shape index (κ1) is 18.6. The number of carbonyl (C=O) groups is 1. The van der Waals surface area contributed by atoms with Crippen LogP contribution in [0.1, 0.15) is 16.1 Å². The third kappa shape index (κ3) is 4.32. The molecule has 27 heavy (non-hydrogen) atoms. The number of aromatic amines is 1. The molecule has 3 N–H and O–H groups in total. The van der Waals surface area contributed by atoms with Gasteiger partial charge in [0.25, 0.3) is 5.91 Å². The number of H-pyrrole nitrogens is 1. The first-order valence-electron chi connectivity index (χ1n) is 7.69. The zero-order valence-corrected chi connectivity index (χ0v) is 15.6. The molecule has 0 bridgehead atoms. The molecule has 138 valence electrons. The van der Waals surface area contributed by atoms with Crippen LogP contribution in [-0.2, 0) is 0 Å². The fourth-order valence-corrected chi connectivity index (χ4v) is 2.72. The van der Waals surface area contributed by atoms with E-state index in [4.69, 9.17) is 4.74 Å². The number of hydrazone groups is 1. The Morgan fingerprint density at radius 1 is 1.33 bits per heavy atom. The van der Waals surface area contributed by atoms with Crippen LogP contribution in [0.25, 0.3) is 11.3 Å². The van der Waals surface area contributed by atoms with Crippen molar-refractivity contribution in [1.29, 1.82) is 0 Å². The molecule has 0 atom stereocenters. The number of aromatic nitrogens is 2. The van der Waals surface area contributed by atoms with E-state index in [1.54, 1.807) is 24.3 Å². The average molecular weight is 433 g/mol. The highest BCUT2D eigenvalue weighted by atomic mass is 79.9. The van der Waals surface area contributed by atoms with Crippen molar-refractivity contribution < 1.29 is 19.0 Å². The highest BCUT2D eigenvalue weighted by Gasteiger charge is 2.11. The molecular weight excluding hydrogens is 419 g/mol. The van der Waals surface area contributed by atoms with Crippen LogP contribution in [0, 0.1) is 5.82 Å². The van der Waals surface area contributed by atoms with Gasteiger partial charge in [-0.25, -0.2) is 9.82 Å². The third-order valence-corrected chi connectivity index (χ3v) is 4.22. The summed E-state index contributed by atoms with van der Waals surface area (Å²) < 4.78 is 18.5. The average Bonchev–Trinajstić information content (AvgIpc) is 3.15. The lowest BCUT2D eigenvalue weighted by Crippen LogP contribution is -2.18. The second-order valence-corrected chi connectivity index (χ2v) is 6.28. The van der Waals surface area contributed by atoms with E-state index in [0.29, 0.717) is 21.3 Å². The number of benzene rings is 2. The van der Waals surface area contributed by atoms with Crippen molar-refractivity contribution in [1.82, 2.24) is 15.6 Å². The second-order valence-electron chi connectivity index (χ2n) is 5.43. The smallest absolute Gasteiger partial charge is 0.289 e. The van der Waals surface area contributed by atoms with Crippen LogP contribution in [0.2, 0.25) is 0 Å². The number of amides is 1. The molecule has 0 unspecified atom stereocenters. The molecule has 1 heterocycles. The maximum absolute atomic E-state index is 13.0. The summed E-state index contributed by atoms with van der Waals surface area (Å²) in [5.41, 5.74) is 4.37. The molecule has 0 radical (unpaired) electrons. The number of aromatic hydroxyl groups is 1. The quantitative estimate of drug-likeness (QED) is 0.424. The van der Waals surface area contributed by atoms with Gasteiger partial charge in [-0.2, -0.15) is 10.2 Å². The van der Waals surface area contributed by atoms with Crippen molar-refractivity contribution in [2.45, 2.75) is 0 Å². The SMILES string of the molecule is COc1cc(C=NNC(=O)c2cc(-c3ccc(F)cc3)n[nH]2)cc(Br)c1O. The Labute approximate surface area is 162 Å². The van der Waals surface area contributed by atoms with Crippen molar-refractivity contribution in [3.05, 3.63) is 64.0 Å². The van der Waals surface area contributed by atoms with Gasteiger partial charge in [0.2, 0.25) is 0 Å². The summed E-state index contributed by atoms with van der Waals surface area (Å²) in [5.74, 6) is -0.588. The van der Waals surface area contributed by atoms with E-state index in [1.807, 2.05) is 0 Å². The number of methoxy groups -OCH3 is 1. The van der Waals surface area contributed by atoms with Crippen molar-refractivity contribution in [3.63, 3.8) is 0 Å². The van der Waals surface area contributed by atoms with Gasteiger partial charge in [0, 0.05) is 5.56 Å². The lowest BCUT2D eigenvalue weighted by atomic mass is 10.1. The van der Waals surface area contributed by atoms with Gasteiger partial charge >= 0.3 is 0 Å². The normalized spacial score (nSPS) is 10.9. The fraction of sp³-hybridized carbons (Fsp3) is 0.0556. The molecule has 0 saturated heterocycles. The van der Waals surface area contributed by atoms with Gasteiger partial charge in [0.05, 0.1) is 23.5 Å². The molecule has 1 aromatic heterocycles. The first-order chi connectivity index (χ1) is 13.0. The predicted molar refractivity (Wildman–Crippen MR) is 101 cm³/mol. The van der Waals surface area contributed by atoms with Gasteiger partial charge < -0.3 is 9.84 Å². The topological polar surface area (TPSA) is 99.6 Å². The zero-order valence-electron chi connectivity index (χ0n) is 14.0. The predicted octanol–water partition coefficient (Wildman–Crippen LogP) is 3.46. The summed E-state index contributed by atoms with van der Waals surface area (Å²) in [7, 11) is 1.43. The van der Waals surface area contributed by atoms with E-state index in [0.717, 1.165) is 0 Å². The number of nitrogens with one attached hydrogen (secondary N) is 2. The number of nitrogens with zero attached hydrogens (tertiary/aromatic N) is 2. The summed E-state index contributed by atoms with van der Waals surface area (Å²) in [4.78, 5) is 12.1. The van der Waals surface area contributed by atoms with E-state index >= 15 is 0 Å². The van der Waals surface area contributed by atoms with Crippen molar-refractivity contribution in [2.24, 2.45) is 5.10 Å². The third-order valence-electron chi connectivity index (χ3n) is 3.61. The number of carbonyl (C=O) groups excluding carboxylic acids is 1. The summed E-state index contributed by atoms with van der Waals surface area (Å²) >= 11 is 3.21. The maximum atomic E-state index is 13.0. The summed E-state index contributed by atoms with van der Waals surface area (Å²) in [5, 5.41) is 20.3. The molecule has 7 nitrogen and oxygen atoms in total. The molecular formula is C18H14BrFN4O3. The number of rotatable bonds is 5. The Morgan fingerprint density at radius 3 is 2.78 bits per heavy atom. The van der Waals surface area contributed by atoms with Gasteiger partial charge in [-0.05, 0) is 64.0 Å². The second kappa shape index (κ2) is 8.00. The van der Waals surface area contributed by atoms with Crippen LogP contribution < -0.4 is 10.2 Å². The molecule has 1 amide bonds. The number of ether oxygens (including phenoxy) is 1. The Bertz CT molecular complexity index is 1000. The molecule has 9 heteroatoms. The Hall–Kier alpha value is -3.20. The first-order valence-corrected chi connectivity index (χ1v) is 8.48. The largest absolute Gasteiger partial charge is 0.503 e. The van der Waals surface area contributed by atoms with Crippen LogP contribution in [0.3, 0.4) is 0 Å². The van der Waals surface area contributed by atoms with Crippen LogP contribution in [0.15, 0.2) is 52.0 Å². The molecule has 0 fully saturated rings. The lowest BCUT2D eigenvalue weighted by molar-refractivity contribution is 0.0950. The van der Waals surface area contributed by atoms with E-state index in [9.17, 15) is 14.3 Å². The Kier molecular flexibility index (Phi) is 5.51. The minimum absolute atomic E-state index is 0.0236. The minimum atomic E-state index is -0.489. The minimum Gasteiger partial charge on any atom is -0.503 e. The van der Waals surface area contributed by atoms with Gasteiger partial charge in [-0.3, -0.25) is 9.89 Å². The standard InChI is InChI=1S/C18H14BrFN4O3/c1-27-16-7-10(6-13(19)17(16)25)9-21-24-18(26)15-8-14(22-23-15)11-2-4-12(20)5-3-11/h2-9,25H,1H3,(H,22,23)(H,24,26). The monoisotopic (exact) mass is 432 g/mol. The Morgan fingerprint density at radius 2 is 2.07 bits per heavy atom. The molecule has 0 aliphatic heterocycles. The molecule has 0 aliphatic rings. The van der Waals surface area contributed by atoms with E-state index in [-0.39, 0.29) is 23.0 Å². The zero-order chi connectivity index (χ0) is 19.4. The van der Waals surface area contributed by atoms with Gasteiger partial charge in [0.1, 0.15) is 11.5 Å². The van der Waals surface area contributed by atoms with Crippen LogP contribution >= 0.6 is 15.9 Å².